The summed E-state index contributed by atoms with van der Waals surface area (Å²) in [7, 11) is 3.95. The van der Waals surface area contributed by atoms with Gasteiger partial charge in [-0.05, 0) is 31.8 Å². The first-order chi connectivity index (χ1) is 8.00. The summed E-state index contributed by atoms with van der Waals surface area (Å²) in [6.07, 6.45) is 0. The summed E-state index contributed by atoms with van der Waals surface area (Å²) >= 11 is 0. The monoisotopic (exact) mass is 235 g/mol. The lowest BCUT2D eigenvalue weighted by Crippen LogP contribution is -2.19. The molecular formula is C13H17NO3. The maximum atomic E-state index is 10.7. The van der Waals surface area contributed by atoms with E-state index in [4.69, 9.17) is 9.84 Å². The molecule has 0 aromatic heterocycles. The molecule has 0 fully saturated rings. The summed E-state index contributed by atoms with van der Waals surface area (Å²) in [5.41, 5.74) is 0.683. The maximum Gasteiger partial charge on any atom is 0.335 e. The molecule has 0 bridgehead atoms. The first-order valence-electron chi connectivity index (χ1n) is 5.31. The van der Waals surface area contributed by atoms with Crippen molar-refractivity contribution < 1.29 is 14.6 Å². The number of carboxylic acid groups (broad SMARTS) is 1. The van der Waals surface area contributed by atoms with Crippen LogP contribution >= 0.6 is 0 Å². The number of aliphatic carboxylic acids is 1. The number of carboxylic acids is 1. The summed E-state index contributed by atoms with van der Waals surface area (Å²) in [5.74, 6) is -0.278. The molecule has 0 spiro atoms. The average molecular weight is 235 g/mol. The zero-order valence-corrected chi connectivity index (χ0v) is 10.1. The Morgan fingerprint density at radius 2 is 1.94 bits per heavy atom. The third kappa shape index (κ3) is 4.28. The highest BCUT2D eigenvalue weighted by molar-refractivity contribution is 6.14. The Labute approximate surface area is 101 Å². The molecule has 1 aromatic rings. The van der Waals surface area contributed by atoms with Gasteiger partial charge in [0.25, 0.3) is 0 Å². The Morgan fingerprint density at radius 1 is 1.35 bits per heavy atom. The van der Waals surface area contributed by atoms with E-state index in [1.165, 1.54) is 0 Å². The Balaban J connectivity index is 2.56. The van der Waals surface area contributed by atoms with Crippen molar-refractivity contribution in [3.8, 4) is 5.75 Å². The van der Waals surface area contributed by atoms with E-state index in [2.05, 4.69) is 6.58 Å². The fraction of sp³-hybridized carbons (Fsp3) is 0.308. The van der Waals surface area contributed by atoms with E-state index in [1.54, 1.807) is 24.3 Å². The zero-order valence-electron chi connectivity index (χ0n) is 10.1. The molecule has 0 aliphatic rings. The van der Waals surface area contributed by atoms with Crippen molar-refractivity contribution >= 4 is 11.5 Å². The van der Waals surface area contributed by atoms with Crippen LogP contribution in [0.3, 0.4) is 0 Å². The average Bonchev–Trinajstić information content (AvgIpc) is 2.28. The van der Waals surface area contributed by atoms with Gasteiger partial charge < -0.3 is 14.7 Å². The SMILES string of the molecule is C=C(C(=O)O)c1ccc(OCCN(C)C)cc1. The highest BCUT2D eigenvalue weighted by Gasteiger charge is 2.06. The van der Waals surface area contributed by atoms with Crippen molar-refractivity contribution in [2.24, 2.45) is 0 Å². The second kappa shape index (κ2) is 6.06. The highest BCUT2D eigenvalue weighted by atomic mass is 16.5. The van der Waals surface area contributed by atoms with Crippen LogP contribution in [0.15, 0.2) is 30.8 Å². The number of nitrogens with zero attached hydrogens (tertiary/aromatic N) is 1. The van der Waals surface area contributed by atoms with Crippen LogP contribution in [0.5, 0.6) is 5.75 Å². The van der Waals surface area contributed by atoms with Crippen molar-refractivity contribution in [2.45, 2.75) is 0 Å². The van der Waals surface area contributed by atoms with E-state index in [-0.39, 0.29) is 5.57 Å². The van der Waals surface area contributed by atoms with Crippen LogP contribution in [0.1, 0.15) is 5.56 Å². The molecule has 0 amide bonds. The lowest BCUT2D eigenvalue weighted by Gasteiger charge is -2.11. The molecule has 0 saturated heterocycles. The smallest absolute Gasteiger partial charge is 0.335 e. The number of carbonyl (C=O) groups is 1. The van der Waals surface area contributed by atoms with Crippen LogP contribution in [0.2, 0.25) is 0 Å². The standard InChI is InChI=1S/C13H17NO3/c1-10(13(15)16)11-4-6-12(7-5-11)17-9-8-14(2)3/h4-7H,1,8-9H2,2-3H3,(H,15,16). The van der Waals surface area contributed by atoms with Crippen LogP contribution in [-0.4, -0.2) is 43.2 Å². The molecule has 1 N–H and O–H groups in total. The van der Waals surface area contributed by atoms with Gasteiger partial charge in [-0.1, -0.05) is 18.7 Å². The molecule has 0 atom stereocenters. The number of hydrogen-bond donors (Lipinski definition) is 1. The molecule has 0 aliphatic carbocycles. The summed E-state index contributed by atoms with van der Waals surface area (Å²) < 4.78 is 5.49. The van der Waals surface area contributed by atoms with Gasteiger partial charge in [-0.15, -0.1) is 0 Å². The van der Waals surface area contributed by atoms with Crippen LogP contribution in [-0.2, 0) is 4.79 Å². The summed E-state index contributed by atoms with van der Waals surface area (Å²) in [6.45, 7) is 4.93. The topological polar surface area (TPSA) is 49.8 Å². The minimum absolute atomic E-state index is 0.0878. The predicted molar refractivity (Wildman–Crippen MR) is 67.2 cm³/mol. The van der Waals surface area contributed by atoms with E-state index in [9.17, 15) is 4.79 Å². The van der Waals surface area contributed by atoms with E-state index in [1.807, 2.05) is 19.0 Å². The van der Waals surface area contributed by atoms with Gasteiger partial charge >= 0.3 is 5.97 Å². The van der Waals surface area contributed by atoms with Gasteiger partial charge in [-0.25, -0.2) is 4.79 Å². The van der Waals surface area contributed by atoms with Gasteiger partial charge in [0.1, 0.15) is 12.4 Å². The number of ether oxygens (including phenoxy) is 1. The predicted octanol–water partition coefficient (Wildman–Crippen LogP) is 1.72. The maximum absolute atomic E-state index is 10.7. The van der Waals surface area contributed by atoms with Gasteiger partial charge in [0.05, 0.1) is 5.57 Å². The second-order valence-corrected chi connectivity index (χ2v) is 3.96. The van der Waals surface area contributed by atoms with Crippen molar-refractivity contribution in [3.63, 3.8) is 0 Å². The first kappa shape index (κ1) is 13.3. The Bertz CT molecular complexity index is 396. The third-order valence-electron chi connectivity index (χ3n) is 2.27. The van der Waals surface area contributed by atoms with E-state index in [0.717, 1.165) is 12.3 Å². The van der Waals surface area contributed by atoms with Crippen molar-refractivity contribution in [3.05, 3.63) is 36.4 Å². The lowest BCUT2D eigenvalue weighted by atomic mass is 10.1. The Kier molecular flexibility index (Phi) is 4.72. The Morgan fingerprint density at radius 3 is 2.41 bits per heavy atom. The first-order valence-corrected chi connectivity index (χ1v) is 5.31. The normalized spacial score (nSPS) is 10.3. The van der Waals surface area contributed by atoms with E-state index >= 15 is 0 Å². The summed E-state index contributed by atoms with van der Waals surface area (Å²) in [4.78, 5) is 12.7. The minimum Gasteiger partial charge on any atom is -0.492 e. The van der Waals surface area contributed by atoms with Crippen LogP contribution in [0, 0.1) is 0 Å². The fourth-order valence-electron chi connectivity index (χ4n) is 1.22. The van der Waals surface area contributed by atoms with E-state index in [0.29, 0.717) is 12.2 Å². The summed E-state index contributed by atoms with van der Waals surface area (Å²) in [5, 5.41) is 8.77. The molecular weight excluding hydrogens is 218 g/mol. The van der Waals surface area contributed by atoms with Crippen molar-refractivity contribution in [1.82, 2.24) is 4.90 Å². The molecule has 0 saturated carbocycles. The molecule has 4 nitrogen and oxygen atoms in total. The fourth-order valence-corrected chi connectivity index (χ4v) is 1.22. The highest BCUT2D eigenvalue weighted by Crippen LogP contribution is 2.17. The van der Waals surface area contributed by atoms with Gasteiger partial charge in [-0.3, -0.25) is 0 Å². The van der Waals surface area contributed by atoms with Crippen molar-refractivity contribution in [1.29, 1.82) is 0 Å². The molecule has 0 radical (unpaired) electrons. The molecule has 4 heteroatoms. The third-order valence-corrected chi connectivity index (χ3v) is 2.27. The largest absolute Gasteiger partial charge is 0.492 e. The van der Waals surface area contributed by atoms with Gasteiger partial charge in [0.2, 0.25) is 0 Å². The van der Waals surface area contributed by atoms with Gasteiger partial charge in [0, 0.05) is 6.54 Å². The lowest BCUT2D eigenvalue weighted by molar-refractivity contribution is -0.130. The molecule has 1 aromatic carbocycles. The van der Waals surface area contributed by atoms with Crippen molar-refractivity contribution in [2.75, 3.05) is 27.2 Å². The number of benzene rings is 1. The van der Waals surface area contributed by atoms with Crippen LogP contribution < -0.4 is 4.74 Å². The minimum atomic E-state index is -1.01. The molecule has 17 heavy (non-hydrogen) atoms. The van der Waals surface area contributed by atoms with Crippen LogP contribution in [0.4, 0.5) is 0 Å². The molecule has 1 rings (SSSR count). The van der Waals surface area contributed by atoms with E-state index < -0.39 is 5.97 Å². The number of likely N-dealkylation sites (N-methyl/N-ethyl adjacent to an activating group) is 1. The van der Waals surface area contributed by atoms with Gasteiger partial charge in [0.15, 0.2) is 0 Å². The zero-order chi connectivity index (χ0) is 12.8. The Hall–Kier alpha value is -1.81. The molecule has 0 aliphatic heterocycles. The van der Waals surface area contributed by atoms with Crippen LogP contribution in [0.25, 0.3) is 5.57 Å². The number of rotatable bonds is 6. The molecule has 92 valence electrons. The quantitative estimate of drug-likeness (QED) is 0.763. The van der Waals surface area contributed by atoms with Gasteiger partial charge in [-0.2, -0.15) is 0 Å². The molecule has 0 heterocycles. The number of hydrogen-bond acceptors (Lipinski definition) is 3. The second-order valence-electron chi connectivity index (χ2n) is 3.96. The molecule has 0 unspecified atom stereocenters. The summed E-state index contributed by atoms with van der Waals surface area (Å²) in [6, 6.07) is 6.89.